The number of benzene rings is 2. The van der Waals surface area contributed by atoms with Crippen molar-refractivity contribution in [1.82, 2.24) is 5.32 Å². The van der Waals surface area contributed by atoms with Crippen molar-refractivity contribution in [2.24, 2.45) is 11.8 Å². The second-order valence-corrected chi connectivity index (χ2v) is 10.1. The molecule has 0 aromatic heterocycles. The second-order valence-electron chi connectivity index (χ2n) is 10.1. The standard InChI is InChI=1S/C32H38N2O6/c33-16-17-37-18-19-38-20-21-39-22-23-40-26-13-10-24(11-14-26)12-15-29(35)31-30(25-6-2-1-3-7-25)27-8-4-5-9-28(27)34-32(31)36/h1-3,6-7,10-15,27-28,30-31H,4-5,8-9,17-23H2,(H,34,36)/b15-12+. The molecule has 1 aliphatic heterocycles. The number of nitriles is 1. The van der Waals surface area contributed by atoms with E-state index in [0.717, 1.165) is 36.8 Å². The fraction of sp³-hybridized carbons (Fsp3) is 0.469. The average Bonchev–Trinajstić information content (AvgIpc) is 2.99. The lowest BCUT2D eigenvalue weighted by Gasteiger charge is -2.45. The number of rotatable bonds is 15. The fourth-order valence-corrected chi connectivity index (χ4v) is 5.61. The lowest BCUT2D eigenvalue weighted by Crippen LogP contribution is -2.56. The van der Waals surface area contributed by atoms with Gasteiger partial charge >= 0.3 is 0 Å². The Kier molecular flexibility index (Phi) is 11.7. The Balaban J connectivity index is 1.25. The number of hydrogen-bond donors (Lipinski definition) is 1. The molecule has 4 atom stereocenters. The third kappa shape index (κ3) is 8.49. The maximum Gasteiger partial charge on any atom is 0.231 e. The highest BCUT2D eigenvalue weighted by Gasteiger charge is 2.47. The summed E-state index contributed by atoms with van der Waals surface area (Å²) in [7, 11) is 0. The zero-order chi connectivity index (χ0) is 28.0. The molecule has 4 rings (SSSR count). The van der Waals surface area contributed by atoms with E-state index < -0.39 is 5.92 Å². The van der Waals surface area contributed by atoms with Crippen LogP contribution < -0.4 is 10.1 Å². The first-order valence-corrected chi connectivity index (χ1v) is 14.1. The maximum atomic E-state index is 13.4. The van der Waals surface area contributed by atoms with E-state index in [0.29, 0.717) is 45.4 Å². The number of piperidine rings is 1. The van der Waals surface area contributed by atoms with Crippen molar-refractivity contribution in [2.45, 2.75) is 37.6 Å². The van der Waals surface area contributed by atoms with Crippen LogP contribution in [0.2, 0.25) is 0 Å². The summed E-state index contributed by atoms with van der Waals surface area (Å²) in [6.45, 7) is 2.62. The predicted octanol–water partition coefficient (Wildman–Crippen LogP) is 4.31. The highest BCUT2D eigenvalue weighted by atomic mass is 16.6. The Morgan fingerprint density at radius 2 is 1.57 bits per heavy atom. The summed E-state index contributed by atoms with van der Waals surface area (Å²) >= 11 is 0. The van der Waals surface area contributed by atoms with Crippen molar-refractivity contribution < 1.29 is 28.5 Å². The Morgan fingerprint density at radius 3 is 2.30 bits per heavy atom. The van der Waals surface area contributed by atoms with Gasteiger partial charge < -0.3 is 24.3 Å². The van der Waals surface area contributed by atoms with E-state index in [-0.39, 0.29) is 36.2 Å². The molecule has 1 saturated carbocycles. The minimum Gasteiger partial charge on any atom is -0.491 e. The SMILES string of the molecule is N#CCOCCOCCOCCOc1ccc(/C=C/C(=O)C2C(=O)NC3CCCCC3C2c2ccccc2)cc1. The highest BCUT2D eigenvalue weighted by molar-refractivity contribution is 6.09. The van der Waals surface area contributed by atoms with Crippen molar-refractivity contribution in [1.29, 1.82) is 5.26 Å². The zero-order valence-corrected chi connectivity index (χ0v) is 22.8. The Morgan fingerprint density at radius 1 is 0.900 bits per heavy atom. The first kappa shape index (κ1) is 29.5. The monoisotopic (exact) mass is 546 g/mol. The summed E-state index contributed by atoms with van der Waals surface area (Å²) in [6, 6.07) is 19.5. The van der Waals surface area contributed by atoms with Gasteiger partial charge in [-0.3, -0.25) is 9.59 Å². The van der Waals surface area contributed by atoms with Crippen molar-refractivity contribution in [3.63, 3.8) is 0 Å². The number of allylic oxidation sites excluding steroid dienone is 1. The third-order valence-corrected chi connectivity index (χ3v) is 7.47. The summed E-state index contributed by atoms with van der Waals surface area (Å²) < 4.78 is 21.5. The van der Waals surface area contributed by atoms with Crippen molar-refractivity contribution >= 4 is 17.8 Å². The van der Waals surface area contributed by atoms with Crippen LogP contribution in [0.3, 0.4) is 0 Å². The Labute approximate surface area is 236 Å². The molecule has 1 heterocycles. The summed E-state index contributed by atoms with van der Waals surface area (Å²) in [5.74, 6) is -0.162. The highest BCUT2D eigenvalue weighted by Crippen LogP contribution is 2.44. The van der Waals surface area contributed by atoms with Gasteiger partial charge in [-0.15, -0.1) is 0 Å². The molecule has 2 aliphatic rings. The molecule has 0 bridgehead atoms. The van der Waals surface area contributed by atoms with E-state index in [9.17, 15) is 9.59 Å². The smallest absolute Gasteiger partial charge is 0.231 e. The molecule has 2 fully saturated rings. The van der Waals surface area contributed by atoms with Gasteiger partial charge in [0.2, 0.25) is 5.91 Å². The minimum atomic E-state index is -0.720. The molecule has 1 aliphatic carbocycles. The largest absolute Gasteiger partial charge is 0.491 e. The van der Waals surface area contributed by atoms with Crippen LogP contribution >= 0.6 is 0 Å². The maximum absolute atomic E-state index is 13.4. The number of ketones is 1. The fourth-order valence-electron chi connectivity index (χ4n) is 5.61. The van der Waals surface area contributed by atoms with E-state index in [1.807, 2.05) is 60.7 Å². The predicted molar refractivity (Wildman–Crippen MR) is 151 cm³/mol. The van der Waals surface area contributed by atoms with Crippen molar-refractivity contribution in [3.8, 4) is 11.8 Å². The van der Waals surface area contributed by atoms with Crippen LogP contribution in [0, 0.1) is 23.2 Å². The van der Waals surface area contributed by atoms with Gasteiger partial charge in [0.1, 0.15) is 24.9 Å². The van der Waals surface area contributed by atoms with Crippen LogP contribution in [0.4, 0.5) is 0 Å². The molecule has 4 unspecified atom stereocenters. The van der Waals surface area contributed by atoms with Crippen LogP contribution in [0.15, 0.2) is 60.7 Å². The number of nitrogens with zero attached hydrogens (tertiary/aromatic N) is 1. The molecule has 8 heteroatoms. The number of fused-ring (bicyclic) bond motifs is 1. The molecule has 2 aromatic rings. The summed E-state index contributed by atoms with van der Waals surface area (Å²) in [4.78, 5) is 26.6. The van der Waals surface area contributed by atoms with Gasteiger partial charge in [0, 0.05) is 12.0 Å². The van der Waals surface area contributed by atoms with Gasteiger partial charge in [0.05, 0.1) is 39.1 Å². The van der Waals surface area contributed by atoms with E-state index >= 15 is 0 Å². The molecule has 1 N–H and O–H groups in total. The van der Waals surface area contributed by atoms with Gasteiger partial charge in [-0.2, -0.15) is 5.26 Å². The number of hydrogen-bond acceptors (Lipinski definition) is 7. The van der Waals surface area contributed by atoms with E-state index in [4.69, 9.17) is 24.2 Å². The van der Waals surface area contributed by atoms with E-state index in [1.165, 1.54) is 0 Å². The van der Waals surface area contributed by atoms with Crippen molar-refractivity contribution in [2.75, 3.05) is 46.2 Å². The van der Waals surface area contributed by atoms with Crippen LogP contribution in [0.5, 0.6) is 5.75 Å². The normalized spacial score (nSPS) is 22.3. The quantitative estimate of drug-likeness (QED) is 0.202. The molecule has 1 amide bonds. The topological polar surface area (TPSA) is 107 Å². The van der Waals surface area contributed by atoms with Crippen LogP contribution in [-0.2, 0) is 23.8 Å². The van der Waals surface area contributed by atoms with Gasteiger partial charge in [0.25, 0.3) is 0 Å². The molecule has 40 heavy (non-hydrogen) atoms. The number of nitrogens with one attached hydrogen (secondary N) is 1. The van der Waals surface area contributed by atoms with E-state index in [2.05, 4.69) is 5.32 Å². The molecule has 212 valence electrons. The van der Waals surface area contributed by atoms with Crippen LogP contribution in [-0.4, -0.2) is 64.0 Å². The van der Waals surface area contributed by atoms with Gasteiger partial charge in [0.15, 0.2) is 5.78 Å². The van der Waals surface area contributed by atoms with Crippen LogP contribution in [0.1, 0.15) is 42.7 Å². The van der Waals surface area contributed by atoms with Crippen LogP contribution in [0.25, 0.3) is 6.08 Å². The lowest BCUT2D eigenvalue weighted by atomic mass is 9.64. The number of carbonyl (C=O) groups excluding carboxylic acids is 2. The molecule has 8 nitrogen and oxygen atoms in total. The van der Waals surface area contributed by atoms with E-state index in [1.54, 1.807) is 12.2 Å². The molecule has 0 spiro atoms. The Bertz CT molecular complexity index is 1140. The Hall–Kier alpha value is -3.51. The molecule has 1 saturated heterocycles. The second kappa shape index (κ2) is 15.9. The summed E-state index contributed by atoms with van der Waals surface area (Å²) in [5, 5.41) is 11.5. The van der Waals surface area contributed by atoms with Gasteiger partial charge in [-0.25, -0.2) is 0 Å². The molecule has 0 radical (unpaired) electrons. The number of ether oxygens (including phenoxy) is 4. The third-order valence-electron chi connectivity index (χ3n) is 7.47. The minimum absolute atomic E-state index is 0.0711. The van der Waals surface area contributed by atoms with Gasteiger partial charge in [-0.05, 0) is 48.1 Å². The van der Waals surface area contributed by atoms with Crippen molar-refractivity contribution in [3.05, 3.63) is 71.8 Å². The van der Waals surface area contributed by atoms with Gasteiger partial charge in [-0.1, -0.05) is 61.4 Å². The lowest BCUT2D eigenvalue weighted by molar-refractivity contribution is -0.137. The first-order valence-electron chi connectivity index (χ1n) is 14.1. The number of carbonyl (C=O) groups is 2. The number of amides is 1. The molecular formula is C32H38N2O6. The first-order chi connectivity index (χ1) is 19.7. The molecule has 2 aromatic carbocycles. The average molecular weight is 547 g/mol. The molecular weight excluding hydrogens is 508 g/mol. The summed E-state index contributed by atoms with van der Waals surface area (Å²) in [6.07, 6.45) is 7.57. The zero-order valence-electron chi connectivity index (χ0n) is 22.8. The summed E-state index contributed by atoms with van der Waals surface area (Å²) in [5.41, 5.74) is 1.93.